The first-order valence-electron chi connectivity index (χ1n) is 9.19. The predicted octanol–water partition coefficient (Wildman–Crippen LogP) is 2.87. The number of aryl methyl sites for hydroxylation is 1. The van der Waals surface area contributed by atoms with E-state index in [-0.39, 0.29) is 5.91 Å². The summed E-state index contributed by atoms with van der Waals surface area (Å²) in [6.45, 7) is 9.90. The monoisotopic (exact) mass is 357 g/mol. The van der Waals surface area contributed by atoms with Gasteiger partial charge in [0.05, 0.1) is 5.69 Å². The first-order chi connectivity index (χ1) is 12.3. The van der Waals surface area contributed by atoms with Gasteiger partial charge in [-0.2, -0.15) is 5.10 Å². The smallest absolute Gasteiger partial charge is 0.220 e. The molecule has 0 aliphatic rings. The third-order valence-electron chi connectivity index (χ3n) is 4.43. The summed E-state index contributed by atoms with van der Waals surface area (Å²) in [5.74, 6) is 1.51. The summed E-state index contributed by atoms with van der Waals surface area (Å²) in [6, 6.07) is 3.95. The summed E-state index contributed by atoms with van der Waals surface area (Å²) in [5.41, 5.74) is 4.39. The SMILES string of the molecule is Cc1nn(CC(C)C)c(C)c1CCC(=O)NCc1ccc(N(C)C)nc1. The van der Waals surface area contributed by atoms with Crippen molar-refractivity contribution in [3.8, 4) is 0 Å². The highest BCUT2D eigenvalue weighted by molar-refractivity contribution is 5.76. The molecule has 2 aromatic rings. The molecule has 142 valence electrons. The van der Waals surface area contributed by atoms with Crippen LogP contribution in [-0.4, -0.2) is 34.8 Å². The Morgan fingerprint density at radius 2 is 2.00 bits per heavy atom. The summed E-state index contributed by atoms with van der Waals surface area (Å²) in [6.07, 6.45) is 3.00. The second-order valence-electron chi connectivity index (χ2n) is 7.42. The Kier molecular flexibility index (Phi) is 6.77. The van der Waals surface area contributed by atoms with Crippen LogP contribution in [0.15, 0.2) is 18.3 Å². The van der Waals surface area contributed by atoms with E-state index < -0.39 is 0 Å². The van der Waals surface area contributed by atoms with Gasteiger partial charge in [-0.1, -0.05) is 19.9 Å². The van der Waals surface area contributed by atoms with E-state index in [4.69, 9.17) is 0 Å². The van der Waals surface area contributed by atoms with Gasteiger partial charge >= 0.3 is 0 Å². The van der Waals surface area contributed by atoms with E-state index in [1.54, 1.807) is 6.20 Å². The van der Waals surface area contributed by atoms with Gasteiger partial charge in [0.1, 0.15) is 5.82 Å². The second-order valence-corrected chi connectivity index (χ2v) is 7.42. The largest absolute Gasteiger partial charge is 0.363 e. The molecule has 6 heteroatoms. The molecule has 0 unspecified atom stereocenters. The number of nitrogens with one attached hydrogen (secondary N) is 1. The zero-order valence-electron chi connectivity index (χ0n) is 16.8. The molecule has 0 saturated heterocycles. The first kappa shape index (κ1) is 19.9. The zero-order chi connectivity index (χ0) is 19.3. The number of anilines is 1. The molecule has 1 amide bonds. The Labute approximate surface area is 156 Å². The molecule has 0 aliphatic carbocycles. The van der Waals surface area contributed by atoms with Gasteiger partial charge in [-0.25, -0.2) is 4.98 Å². The highest BCUT2D eigenvalue weighted by Gasteiger charge is 2.13. The molecule has 6 nitrogen and oxygen atoms in total. The van der Waals surface area contributed by atoms with Crippen LogP contribution in [0.5, 0.6) is 0 Å². The number of rotatable bonds is 8. The predicted molar refractivity (Wildman–Crippen MR) is 105 cm³/mol. The summed E-state index contributed by atoms with van der Waals surface area (Å²) < 4.78 is 2.06. The minimum absolute atomic E-state index is 0.0529. The van der Waals surface area contributed by atoms with Gasteiger partial charge in [0.25, 0.3) is 0 Å². The molecule has 2 aromatic heterocycles. The highest BCUT2D eigenvalue weighted by atomic mass is 16.1. The lowest BCUT2D eigenvalue weighted by atomic mass is 10.1. The van der Waals surface area contributed by atoms with Gasteiger partial charge < -0.3 is 10.2 Å². The van der Waals surface area contributed by atoms with Gasteiger partial charge in [0.2, 0.25) is 5.91 Å². The van der Waals surface area contributed by atoms with Crippen LogP contribution in [0.25, 0.3) is 0 Å². The Morgan fingerprint density at radius 1 is 1.27 bits per heavy atom. The van der Waals surface area contributed by atoms with Gasteiger partial charge in [-0.15, -0.1) is 0 Å². The van der Waals surface area contributed by atoms with E-state index in [0.29, 0.717) is 18.9 Å². The molecule has 0 aromatic carbocycles. The molecule has 0 spiro atoms. The average molecular weight is 358 g/mol. The Hall–Kier alpha value is -2.37. The number of carbonyl (C=O) groups excluding carboxylic acids is 1. The van der Waals surface area contributed by atoms with E-state index in [0.717, 1.165) is 30.0 Å². The van der Waals surface area contributed by atoms with Crippen LogP contribution < -0.4 is 10.2 Å². The van der Waals surface area contributed by atoms with Crippen LogP contribution in [0.4, 0.5) is 5.82 Å². The van der Waals surface area contributed by atoms with E-state index in [1.165, 1.54) is 11.3 Å². The number of aromatic nitrogens is 3. The number of nitrogens with zero attached hydrogens (tertiary/aromatic N) is 4. The molecule has 0 aliphatic heterocycles. The second kappa shape index (κ2) is 8.83. The molecular formula is C20H31N5O. The van der Waals surface area contributed by atoms with Crippen LogP contribution >= 0.6 is 0 Å². The maximum atomic E-state index is 12.2. The van der Waals surface area contributed by atoms with Crippen molar-refractivity contribution in [2.45, 2.75) is 53.6 Å². The van der Waals surface area contributed by atoms with Crippen LogP contribution in [0.1, 0.15) is 42.8 Å². The topological polar surface area (TPSA) is 63.1 Å². The van der Waals surface area contributed by atoms with Crippen molar-refractivity contribution in [1.29, 1.82) is 0 Å². The van der Waals surface area contributed by atoms with Gasteiger partial charge in [-0.05, 0) is 43.4 Å². The fraction of sp³-hybridized carbons (Fsp3) is 0.550. The Balaban J connectivity index is 1.86. The van der Waals surface area contributed by atoms with Crippen molar-refractivity contribution in [3.05, 3.63) is 40.8 Å². The number of carbonyl (C=O) groups is 1. The normalized spacial score (nSPS) is 11.0. The third-order valence-corrected chi connectivity index (χ3v) is 4.43. The molecule has 1 N–H and O–H groups in total. The van der Waals surface area contributed by atoms with Crippen LogP contribution in [0, 0.1) is 19.8 Å². The fourth-order valence-electron chi connectivity index (χ4n) is 2.93. The number of hydrogen-bond donors (Lipinski definition) is 1. The minimum Gasteiger partial charge on any atom is -0.363 e. The molecular weight excluding hydrogens is 326 g/mol. The van der Waals surface area contributed by atoms with Crippen molar-refractivity contribution < 1.29 is 4.79 Å². The maximum Gasteiger partial charge on any atom is 0.220 e. The summed E-state index contributed by atoms with van der Waals surface area (Å²) >= 11 is 0. The molecule has 2 heterocycles. The van der Waals surface area contributed by atoms with E-state index in [1.807, 2.05) is 38.1 Å². The van der Waals surface area contributed by atoms with Crippen molar-refractivity contribution in [2.24, 2.45) is 5.92 Å². The third kappa shape index (κ3) is 5.31. The number of pyridine rings is 1. The molecule has 0 atom stereocenters. The Bertz CT molecular complexity index is 731. The summed E-state index contributed by atoms with van der Waals surface area (Å²) in [7, 11) is 3.91. The number of hydrogen-bond acceptors (Lipinski definition) is 4. The van der Waals surface area contributed by atoms with Crippen LogP contribution in [0.3, 0.4) is 0 Å². The molecule has 0 saturated carbocycles. The lowest BCUT2D eigenvalue weighted by Crippen LogP contribution is -2.23. The van der Waals surface area contributed by atoms with Gasteiger partial charge in [0.15, 0.2) is 0 Å². The standard InChI is InChI=1S/C20H31N5O/c1-14(2)13-25-16(4)18(15(3)23-25)8-10-20(26)22-12-17-7-9-19(21-11-17)24(5)6/h7,9,11,14H,8,10,12-13H2,1-6H3,(H,22,26). The molecule has 26 heavy (non-hydrogen) atoms. The molecule has 0 bridgehead atoms. The summed E-state index contributed by atoms with van der Waals surface area (Å²) in [4.78, 5) is 18.5. The molecule has 0 radical (unpaired) electrons. The number of amides is 1. The lowest BCUT2D eigenvalue weighted by Gasteiger charge is -2.11. The fourth-order valence-corrected chi connectivity index (χ4v) is 2.93. The minimum atomic E-state index is 0.0529. The van der Waals surface area contributed by atoms with Crippen molar-refractivity contribution >= 4 is 11.7 Å². The molecule has 0 fully saturated rings. The van der Waals surface area contributed by atoms with Gasteiger partial charge in [0, 0.05) is 45.5 Å². The molecule has 2 rings (SSSR count). The van der Waals surface area contributed by atoms with Crippen molar-refractivity contribution in [1.82, 2.24) is 20.1 Å². The maximum absolute atomic E-state index is 12.2. The van der Waals surface area contributed by atoms with Crippen LogP contribution in [0.2, 0.25) is 0 Å². The average Bonchev–Trinajstić information content (AvgIpc) is 2.84. The van der Waals surface area contributed by atoms with Gasteiger partial charge in [-0.3, -0.25) is 9.48 Å². The zero-order valence-corrected chi connectivity index (χ0v) is 16.8. The Morgan fingerprint density at radius 3 is 2.58 bits per heavy atom. The van der Waals surface area contributed by atoms with E-state index >= 15 is 0 Å². The van der Waals surface area contributed by atoms with E-state index in [9.17, 15) is 4.79 Å². The van der Waals surface area contributed by atoms with Crippen molar-refractivity contribution in [2.75, 3.05) is 19.0 Å². The lowest BCUT2D eigenvalue weighted by molar-refractivity contribution is -0.121. The van der Waals surface area contributed by atoms with E-state index in [2.05, 4.69) is 40.9 Å². The highest BCUT2D eigenvalue weighted by Crippen LogP contribution is 2.16. The van der Waals surface area contributed by atoms with Crippen molar-refractivity contribution in [3.63, 3.8) is 0 Å². The van der Waals surface area contributed by atoms with Crippen LogP contribution in [-0.2, 0) is 24.3 Å². The first-order valence-corrected chi connectivity index (χ1v) is 9.19. The summed E-state index contributed by atoms with van der Waals surface area (Å²) in [5, 5.41) is 7.59. The quantitative estimate of drug-likeness (QED) is 0.789.